The molecule has 3 nitrogen and oxygen atoms in total. The summed E-state index contributed by atoms with van der Waals surface area (Å²) in [5, 5.41) is 0.298. The standard InChI is InChI=1S/C20H26N2OS/c24-20(17-23-16-18-7-3-1-4-8-18)15-21-11-13-22(14-12-21)19-9-5-2-6-10-19/h1-10,20,24H,11-17H2/p+1/t20-/m1/s1. The monoisotopic (exact) mass is 343 g/mol. The molecule has 2 aromatic carbocycles. The number of thiol groups is 1. The molecule has 4 heteroatoms. The Bertz CT molecular complexity index is 585. The van der Waals surface area contributed by atoms with E-state index < -0.39 is 0 Å². The van der Waals surface area contributed by atoms with Crippen LogP contribution in [-0.4, -0.2) is 44.6 Å². The Morgan fingerprint density at radius 2 is 1.58 bits per heavy atom. The summed E-state index contributed by atoms with van der Waals surface area (Å²) >= 11 is 4.72. The number of nitrogens with zero attached hydrogens (tertiary/aromatic N) is 1. The molecule has 0 aromatic heterocycles. The summed E-state index contributed by atoms with van der Waals surface area (Å²) in [5.74, 6) is 0. The van der Waals surface area contributed by atoms with Crippen molar-refractivity contribution in [1.29, 1.82) is 0 Å². The maximum atomic E-state index is 5.81. The topological polar surface area (TPSA) is 16.9 Å². The molecule has 1 heterocycles. The van der Waals surface area contributed by atoms with Gasteiger partial charge in [0.25, 0.3) is 0 Å². The molecule has 1 saturated heterocycles. The highest BCUT2D eigenvalue weighted by atomic mass is 32.1. The number of quaternary nitrogens is 1. The Hall–Kier alpha value is -1.49. The van der Waals surface area contributed by atoms with Gasteiger partial charge in [0.1, 0.15) is 0 Å². The van der Waals surface area contributed by atoms with Crippen LogP contribution in [0.4, 0.5) is 5.69 Å². The zero-order chi connectivity index (χ0) is 16.6. The molecule has 0 unspecified atom stereocenters. The minimum atomic E-state index is 0.298. The van der Waals surface area contributed by atoms with Crippen LogP contribution in [0.3, 0.4) is 0 Å². The Balaban J connectivity index is 1.35. The first-order chi connectivity index (χ1) is 11.8. The molecule has 1 aliphatic heterocycles. The lowest BCUT2D eigenvalue weighted by molar-refractivity contribution is -0.900. The Morgan fingerprint density at radius 1 is 0.958 bits per heavy atom. The fourth-order valence-corrected chi connectivity index (χ4v) is 3.57. The summed E-state index contributed by atoms with van der Waals surface area (Å²) in [4.78, 5) is 4.11. The average molecular weight is 344 g/mol. The van der Waals surface area contributed by atoms with Gasteiger partial charge in [-0.25, -0.2) is 0 Å². The summed E-state index contributed by atoms with van der Waals surface area (Å²) in [6.45, 7) is 7.03. The molecule has 0 saturated carbocycles. The number of anilines is 1. The second-order valence-electron chi connectivity index (χ2n) is 6.43. The minimum Gasteiger partial charge on any atom is -0.375 e. The molecule has 0 amide bonds. The predicted octanol–water partition coefficient (Wildman–Crippen LogP) is 1.91. The zero-order valence-corrected chi connectivity index (χ0v) is 15.0. The fraction of sp³-hybridized carbons (Fsp3) is 0.400. The SMILES string of the molecule is S[C@@H](COCc1ccccc1)C[NH+]1CCN(c2ccccc2)CC1. The Kier molecular flexibility index (Phi) is 6.58. The summed E-state index contributed by atoms with van der Waals surface area (Å²) in [6, 6.07) is 21.0. The molecule has 2 aromatic rings. The predicted molar refractivity (Wildman–Crippen MR) is 103 cm³/mol. The summed E-state index contributed by atoms with van der Waals surface area (Å²) < 4.78 is 5.81. The largest absolute Gasteiger partial charge is 0.375 e. The van der Waals surface area contributed by atoms with Crippen molar-refractivity contribution < 1.29 is 9.64 Å². The highest BCUT2D eigenvalue weighted by Crippen LogP contribution is 2.12. The first kappa shape index (κ1) is 17.3. The lowest BCUT2D eigenvalue weighted by Crippen LogP contribution is -3.15. The number of hydrogen-bond acceptors (Lipinski definition) is 3. The average Bonchev–Trinajstić information content (AvgIpc) is 2.64. The maximum Gasteiger partial charge on any atom is 0.0949 e. The van der Waals surface area contributed by atoms with E-state index in [2.05, 4.69) is 47.4 Å². The van der Waals surface area contributed by atoms with Crippen molar-refractivity contribution in [1.82, 2.24) is 0 Å². The van der Waals surface area contributed by atoms with E-state index in [-0.39, 0.29) is 0 Å². The normalized spacial score (nSPS) is 17.0. The minimum absolute atomic E-state index is 0.298. The van der Waals surface area contributed by atoms with Gasteiger partial charge in [-0.05, 0) is 17.7 Å². The van der Waals surface area contributed by atoms with Crippen LogP contribution in [-0.2, 0) is 11.3 Å². The van der Waals surface area contributed by atoms with Gasteiger partial charge in [0, 0.05) is 5.69 Å². The molecule has 24 heavy (non-hydrogen) atoms. The van der Waals surface area contributed by atoms with E-state index in [1.54, 1.807) is 4.90 Å². The molecule has 128 valence electrons. The Labute approximate surface area is 150 Å². The van der Waals surface area contributed by atoms with Gasteiger partial charge in [0.05, 0.1) is 51.2 Å². The second-order valence-corrected chi connectivity index (χ2v) is 7.16. The molecular weight excluding hydrogens is 316 g/mol. The molecule has 3 rings (SSSR count). The van der Waals surface area contributed by atoms with Crippen molar-refractivity contribution in [2.45, 2.75) is 11.9 Å². The van der Waals surface area contributed by atoms with Gasteiger partial charge in [0.15, 0.2) is 0 Å². The number of hydrogen-bond donors (Lipinski definition) is 2. The summed E-state index contributed by atoms with van der Waals surface area (Å²) in [6.07, 6.45) is 0. The van der Waals surface area contributed by atoms with Crippen LogP contribution < -0.4 is 9.80 Å². The third-order valence-electron chi connectivity index (χ3n) is 4.54. The van der Waals surface area contributed by atoms with Crippen LogP contribution in [0.25, 0.3) is 0 Å². The van der Waals surface area contributed by atoms with E-state index in [9.17, 15) is 0 Å². The lowest BCUT2D eigenvalue weighted by Gasteiger charge is -2.34. The molecule has 1 atom stereocenters. The second kappa shape index (κ2) is 9.11. The van der Waals surface area contributed by atoms with Crippen molar-refractivity contribution in [3.8, 4) is 0 Å². The highest BCUT2D eigenvalue weighted by Gasteiger charge is 2.22. The lowest BCUT2D eigenvalue weighted by atomic mass is 10.2. The molecule has 1 fully saturated rings. The van der Waals surface area contributed by atoms with Gasteiger partial charge in [0.2, 0.25) is 0 Å². The number of para-hydroxylation sites is 1. The van der Waals surface area contributed by atoms with E-state index in [1.165, 1.54) is 24.3 Å². The van der Waals surface area contributed by atoms with Crippen LogP contribution in [0.2, 0.25) is 0 Å². The van der Waals surface area contributed by atoms with Crippen LogP contribution in [0.1, 0.15) is 5.56 Å². The fourth-order valence-electron chi connectivity index (χ4n) is 3.20. The third-order valence-corrected chi connectivity index (χ3v) is 4.87. The van der Waals surface area contributed by atoms with Gasteiger partial charge < -0.3 is 14.5 Å². The van der Waals surface area contributed by atoms with Crippen molar-refractivity contribution in [3.63, 3.8) is 0 Å². The smallest absolute Gasteiger partial charge is 0.0949 e. The first-order valence-corrected chi connectivity index (χ1v) is 9.26. The third kappa shape index (κ3) is 5.26. The van der Waals surface area contributed by atoms with Crippen molar-refractivity contribution in [3.05, 3.63) is 66.2 Å². The van der Waals surface area contributed by atoms with Crippen LogP contribution >= 0.6 is 12.6 Å². The van der Waals surface area contributed by atoms with Crippen molar-refractivity contribution in [2.75, 3.05) is 44.2 Å². The number of nitrogens with one attached hydrogen (secondary N) is 1. The zero-order valence-electron chi connectivity index (χ0n) is 14.1. The number of piperazine rings is 1. The molecule has 1 N–H and O–H groups in total. The molecule has 0 aliphatic carbocycles. The van der Waals surface area contributed by atoms with Crippen LogP contribution in [0.15, 0.2) is 60.7 Å². The molecule has 0 spiro atoms. The van der Waals surface area contributed by atoms with E-state index >= 15 is 0 Å². The molecular formula is C20H27N2OS+. The van der Waals surface area contributed by atoms with E-state index in [4.69, 9.17) is 17.4 Å². The molecule has 1 aliphatic rings. The van der Waals surface area contributed by atoms with E-state index in [0.29, 0.717) is 18.5 Å². The van der Waals surface area contributed by atoms with Crippen molar-refractivity contribution >= 4 is 18.3 Å². The number of benzene rings is 2. The summed E-state index contributed by atoms with van der Waals surface area (Å²) in [5.41, 5.74) is 2.56. The Morgan fingerprint density at radius 3 is 2.25 bits per heavy atom. The van der Waals surface area contributed by atoms with E-state index in [1.807, 2.05) is 18.2 Å². The highest BCUT2D eigenvalue weighted by molar-refractivity contribution is 7.81. The van der Waals surface area contributed by atoms with Crippen LogP contribution in [0.5, 0.6) is 0 Å². The number of ether oxygens (including phenoxy) is 1. The van der Waals surface area contributed by atoms with Crippen LogP contribution in [0, 0.1) is 0 Å². The van der Waals surface area contributed by atoms with Gasteiger partial charge >= 0.3 is 0 Å². The summed E-state index contributed by atoms with van der Waals surface area (Å²) in [7, 11) is 0. The van der Waals surface area contributed by atoms with E-state index in [0.717, 1.165) is 19.6 Å². The molecule has 0 radical (unpaired) electrons. The first-order valence-electron chi connectivity index (χ1n) is 8.74. The molecule has 0 bridgehead atoms. The van der Waals surface area contributed by atoms with Crippen molar-refractivity contribution in [2.24, 2.45) is 0 Å². The number of rotatable bonds is 7. The van der Waals surface area contributed by atoms with Gasteiger partial charge in [-0.15, -0.1) is 0 Å². The van der Waals surface area contributed by atoms with Gasteiger partial charge in [-0.1, -0.05) is 48.5 Å². The maximum absolute atomic E-state index is 5.81. The quantitative estimate of drug-likeness (QED) is 0.748. The van der Waals surface area contributed by atoms with Gasteiger partial charge in [-0.3, -0.25) is 0 Å². The van der Waals surface area contributed by atoms with Gasteiger partial charge in [-0.2, -0.15) is 12.6 Å².